The number of carbonyl (C=O) groups excluding carboxylic acids is 1. The van der Waals surface area contributed by atoms with Gasteiger partial charge in [0.2, 0.25) is 0 Å². The number of nitrogens with zero attached hydrogens (tertiary/aromatic N) is 2. The van der Waals surface area contributed by atoms with Crippen molar-refractivity contribution < 1.29 is 19.0 Å². The van der Waals surface area contributed by atoms with Crippen molar-refractivity contribution in [1.29, 1.82) is 5.26 Å². The van der Waals surface area contributed by atoms with Crippen molar-refractivity contribution in [2.75, 3.05) is 13.1 Å². The van der Waals surface area contributed by atoms with Gasteiger partial charge in [-0.05, 0) is 83.6 Å². The summed E-state index contributed by atoms with van der Waals surface area (Å²) in [7, 11) is 0. The van der Waals surface area contributed by atoms with E-state index in [-0.39, 0.29) is 24.4 Å². The van der Waals surface area contributed by atoms with Gasteiger partial charge < -0.3 is 19.1 Å². The van der Waals surface area contributed by atoms with E-state index in [4.69, 9.17) is 19.5 Å². The number of amides is 1. The van der Waals surface area contributed by atoms with Gasteiger partial charge in [0.1, 0.15) is 11.4 Å². The maximum absolute atomic E-state index is 12.2. The van der Waals surface area contributed by atoms with Gasteiger partial charge in [0, 0.05) is 13.1 Å². The standard InChI is InChI=1S/C23H32N2O4/c1-23(2,3)29-22(26)25-14-12-21(13-15-25)28-20-10-8-19(9-11-20)27-18-6-4-17(16-24)5-7-18/h4-7,19-21H,8-15H2,1-3H3/t19-,20-. The van der Waals surface area contributed by atoms with E-state index in [1.54, 1.807) is 17.0 Å². The fraction of sp³-hybridized carbons (Fsp3) is 0.652. The zero-order valence-electron chi connectivity index (χ0n) is 17.7. The van der Waals surface area contributed by atoms with Crippen molar-refractivity contribution in [3.05, 3.63) is 29.8 Å². The summed E-state index contributed by atoms with van der Waals surface area (Å²) < 4.78 is 17.8. The second-order valence-corrected chi connectivity index (χ2v) is 8.96. The summed E-state index contributed by atoms with van der Waals surface area (Å²) >= 11 is 0. The first-order valence-electron chi connectivity index (χ1n) is 10.6. The molecule has 1 aromatic rings. The van der Waals surface area contributed by atoms with Crippen molar-refractivity contribution in [2.45, 2.75) is 83.2 Å². The summed E-state index contributed by atoms with van der Waals surface area (Å²) in [5.74, 6) is 0.822. The van der Waals surface area contributed by atoms with E-state index >= 15 is 0 Å². The van der Waals surface area contributed by atoms with E-state index in [2.05, 4.69) is 6.07 Å². The van der Waals surface area contributed by atoms with Crippen molar-refractivity contribution in [3.63, 3.8) is 0 Å². The van der Waals surface area contributed by atoms with Crippen LogP contribution in [0, 0.1) is 11.3 Å². The SMILES string of the molecule is CC(C)(C)OC(=O)N1CCC(O[C@H]2CC[C@H](Oc3ccc(C#N)cc3)CC2)CC1. The number of rotatable bonds is 4. The molecule has 0 atom stereocenters. The molecule has 0 unspecified atom stereocenters. The van der Waals surface area contributed by atoms with Gasteiger partial charge in [-0.1, -0.05) is 0 Å². The molecular weight excluding hydrogens is 368 g/mol. The van der Waals surface area contributed by atoms with Gasteiger partial charge in [-0.2, -0.15) is 5.26 Å². The number of nitriles is 1. The van der Waals surface area contributed by atoms with Crippen molar-refractivity contribution in [3.8, 4) is 11.8 Å². The molecule has 1 aromatic carbocycles. The van der Waals surface area contributed by atoms with Gasteiger partial charge >= 0.3 is 6.09 Å². The molecule has 1 aliphatic carbocycles. The van der Waals surface area contributed by atoms with Crippen LogP contribution in [0.3, 0.4) is 0 Å². The smallest absolute Gasteiger partial charge is 0.410 e. The summed E-state index contributed by atoms with van der Waals surface area (Å²) in [4.78, 5) is 14.0. The van der Waals surface area contributed by atoms with Gasteiger partial charge in [0.25, 0.3) is 0 Å². The van der Waals surface area contributed by atoms with Crippen LogP contribution in [-0.2, 0) is 9.47 Å². The van der Waals surface area contributed by atoms with Crippen molar-refractivity contribution in [1.82, 2.24) is 4.90 Å². The average Bonchev–Trinajstić information content (AvgIpc) is 2.69. The molecule has 0 N–H and O–H groups in total. The van der Waals surface area contributed by atoms with E-state index in [9.17, 15) is 4.79 Å². The molecule has 1 heterocycles. The number of hydrogen-bond acceptors (Lipinski definition) is 5. The Morgan fingerprint density at radius 2 is 1.52 bits per heavy atom. The fourth-order valence-corrected chi connectivity index (χ4v) is 3.86. The molecule has 0 aromatic heterocycles. The van der Waals surface area contributed by atoms with Gasteiger partial charge in [-0.3, -0.25) is 0 Å². The van der Waals surface area contributed by atoms with Crippen molar-refractivity contribution in [2.24, 2.45) is 0 Å². The first-order valence-corrected chi connectivity index (χ1v) is 10.6. The molecule has 29 heavy (non-hydrogen) atoms. The number of likely N-dealkylation sites (tertiary alicyclic amines) is 1. The molecule has 1 saturated carbocycles. The van der Waals surface area contributed by atoms with E-state index in [0.717, 1.165) is 44.3 Å². The number of hydrogen-bond donors (Lipinski definition) is 0. The molecule has 3 rings (SSSR count). The van der Waals surface area contributed by atoms with E-state index in [1.165, 1.54) is 0 Å². The highest BCUT2D eigenvalue weighted by atomic mass is 16.6. The topological polar surface area (TPSA) is 71.8 Å². The first-order chi connectivity index (χ1) is 13.8. The third kappa shape index (κ3) is 6.64. The van der Waals surface area contributed by atoms with Gasteiger partial charge in [-0.15, -0.1) is 0 Å². The lowest BCUT2D eigenvalue weighted by atomic mass is 9.94. The summed E-state index contributed by atoms with van der Waals surface area (Å²) in [6.07, 6.45) is 6.13. The van der Waals surface area contributed by atoms with Crippen LogP contribution in [-0.4, -0.2) is 48.0 Å². The minimum Gasteiger partial charge on any atom is -0.490 e. The van der Waals surface area contributed by atoms with Gasteiger partial charge in [-0.25, -0.2) is 4.79 Å². The molecule has 0 radical (unpaired) electrons. The van der Waals surface area contributed by atoms with Crippen LogP contribution in [0.1, 0.15) is 64.9 Å². The van der Waals surface area contributed by atoms with Crippen LogP contribution in [0.5, 0.6) is 5.75 Å². The molecule has 6 heteroatoms. The number of ether oxygens (including phenoxy) is 3. The lowest BCUT2D eigenvalue weighted by Crippen LogP contribution is -2.44. The first kappa shape index (κ1) is 21.4. The second kappa shape index (κ2) is 9.49. The number of piperidine rings is 1. The molecule has 1 amide bonds. The third-order valence-corrected chi connectivity index (χ3v) is 5.39. The van der Waals surface area contributed by atoms with Crippen LogP contribution in [0.15, 0.2) is 24.3 Å². The molecule has 6 nitrogen and oxygen atoms in total. The zero-order valence-corrected chi connectivity index (χ0v) is 17.7. The maximum atomic E-state index is 12.2. The van der Waals surface area contributed by atoms with Crippen LogP contribution < -0.4 is 4.74 Å². The van der Waals surface area contributed by atoms with E-state index in [0.29, 0.717) is 18.7 Å². The molecule has 2 fully saturated rings. The Morgan fingerprint density at radius 3 is 2.07 bits per heavy atom. The minimum atomic E-state index is -0.455. The lowest BCUT2D eigenvalue weighted by Gasteiger charge is -2.36. The maximum Gasteiger partial charge on any atom is 0.410 e. The summed E-state index contributed by atoms with van der Waals surface area (Å²) in [6, 6.07) is 9.41. The third-order valence-electron chi connectivity index (χ3n) is 5.39. The average molecular weight is 401 g/mol. The van der Waals surface area contributed by atoms with E-state index in [1.807, 2.05) is 32.9 Å². The Labute approximate surface area is 173 Å². The molecule has 0 spiro atoms. The monoisotopic (exact) mass is 400 g/mol. The molecule has 2 aliphatic rings. The van der Waals surface area contributed by atoms with E-state index < -0.39 is 5.60 Å². The summed E-state index contributed by atoms with van der Waals surface area (Å²) in [6.45, 7) is 7.06. The predicted octanol–water partition coefficient (Wildman–Crippen LogP) is 4.66. The van der Waals surface area contributed by atoms with Gasteiger partial charge in [0.15, 0.2) is 0 Å². The summed E-state index contributed by atoms with van der Waals surface area (Å²) in [5.41, 5.74) is 0.190. The Balaban J connectivity index is 1.36. The number of benzene rings is 1. The zero-order chi connectivity index (χ0) is 20.9. The normalized spacial score (nSPS) is 23.3. The highest BCUT2D eigenvalue weighted by molar-refractivity contribution is 5.68. The molecule has 158 valence electrons. The predicted molar refractivity (Wildman–Crippen MR) is 110 cm³/mol. The summed E-state index contributed by atoms with van der Waals surface area (Å²) in [5, 5.41) is 8.87. The quantitative estimate of drug-likeness (QED) is 0.735. The van der Waals surface area contributed by atoms with Crippen LogP contribution in [0.25, 0.3) is 0 Å². The highest BCUT2D eigenvalue weighted by Gasteiger charge is 2.30. The van der Waals surface area contributed by atoms with Crippen LogP contribution in [0.4, 0.5) is 4.79 Å². The van der Waals surface area contributed by atoms with Crippen molar-refractivity contribution >= 4 is 6.09 Å². The molecule has 1 saturated heterocycles. The molecule has 0 bridgehead atoms. The van der Waals surface area contributed by atoms with Crippen LogP contribution in [0.2, 0.25) is 0 Å². The Kier molecular flexibility index (Phi) is 7.02. The lowest BCUT2D eigenvalue weighted by molar-refractivity contribution is -0.0675. The fourth-order valence-electron chi connectivity index (χ4n) is 3.86. The Morgan fingerprint density at radius 1 is 0.966 bits per heavy atom. The largest absolute Gasteiger partial charge is 0.490 e. The highest BCUT2D eigenvalue weighted by Crippen LogP contribution is 2.28. The van der Waals surface area contributed by atoms with Gasteiger partial charge in [0.05, 0.1) is 29.9 Å². The Hall–Kier alpha value is -2.26. The van der Waals surface area contributed by atoms with Crippen LogP contribution >= 0.6 is 0 Å². The Bertz CT molecular complexity index is 704. The minimum absolute atomic E-state index is 0.205. The molecular formula is C23H32N2O4. The molecule has 1 aliphatic heterocycles. The number of carbonyl (C=O) groups is 1. The second-order valence-electron chi connectivity index (χ2n) is 8.96.